The van der Waals surface area contributed by atoms with E-state index in [2.05, 4.69) is 0 Å². The highest BCUT2D eigenvalue weighted by atomic mass is 16.5. The molecular formula is C17H18N2O3. The molecule has 2 aliphatic heterocycles. The van der Waals surface area contributed by atoms with Crippen molar-refractivity contribution in [2.45, 2.75) is 19.4 Å². The van der Waals surface area contributed by atoms with Crippen molar-refractivity contribution in [1.29, 1.82) is 5.26 Å². The second kappa shape index (κ2) is 6.20. The summed E-state index contributed by atoms with van der Waals surface area (Å²) >= 11 is 0. The van der Waals surface area contributed by atoms with Gasteiger partial charge in [0.2, 0.25) is 0 Å². The average Bonchev–Trinajstić information content (AvgIpc) is 2.92. The fourth-order valence-corrected chi connectivity index (χ4v) is 2.78. The van der Waals surface area contributed by atoms with Crippen LogP contribution in [-0.4, -0.2) is 43.2 Å². The van der Waals surface area contributed by atoms with E-state index < -0.39 is 0 Å². The van der Waals surface area contributed by atoms with Gasteiger partial charge < -0.3 is 14.4 Å². The lowest BCUT2D eigenvalue weighted by Gasteiger charge is -2.26. The first kappa shape index (κ1) is 14.6. The average molecular weight is 298 g/mol. The Balaban J connectivity index is 1.81. The topological polar surface area (TPSA) is 62.6 Å². The number of morpholine rings is 1. The number of ether oxygens (including phenoxy) is 2. The number of hydrogen-bond acceptors (Lipinski definition) is 4. The largest absolute Gasteiger partial charge is 0.490 e. The number of carbonyl (C=O) groups excluding carboxylic acids is 1. The lowest BCUT2D eigenvalue weighted by Crippen LogP contribution is -2.41. The van der Waals surface area contributed by atoms with Gasteiger partial charge in [0.25, 0.3) is 5.91 Å². The molecule has 0 radical (unpaired) electrons. The van der Waals surface area contributed by atoms with Crippen molar-refractivity contribution in [3.05, 3.63) is 34.9 Å². The van der Waals surface area contributed by atoms with Gasteiger partial charge in [0.1, 0.15) is 23.5 Å². The summed E-state index contributed by atoms with van der Waals surface area (Å²) in [6.45, 7) is 4.15. The molecule has 3 rings (SSSR count). The molecular weight excluding hydrogens is 280 g/mol. The third-order valence-corrected chi connectivity index (χ3v) is 3.88. The number of rotatable bonds is 2. The molecule has 1 saturated heterocycles. The molecule has 5 heteroatoms. The monoisotopic (exact) mass is 298 g/mol. The second-order valence-electron chi connectivity index (χ2n) is 5.57. The van der Waals surface area contributed by atoms with E-state index in [1.165, 1.54) is 0 Å². The standard InChI is InChI=1S/C17H18N2O3/c1-12-8-14-9-13(2-3-16(14)22-12)10-15(11-18)17(20)19-4-6-21-7-5-19/h2-3,9-10,12H,4-8H2,1H3/b15-10+/t12-/m0/s1. The maximum Gasteiger partial charge on any atom is 0.264 e. The number of hydrogen-bond donors (Lipinski definition) is 0. The quantitative estimate of drug-likeness (QED) is 0.617. The summed E-state index contributed by atoms with van der Waals surface area (Å²) in [6, 6.07) is 7.79. The van der Waals surface area contributed by atoms with Gasteiger partial charge in [-0.2, -0.15) is 5.26 Å². The van der Waals surface area contributed by atoms with E-state index in [4.69, 9.17) is 9.47 Å². The molecule has 0 unspecified atom stereocenters. The Kier molecular flexibility index (Phi) is 4.12. The number of carbonyl (C=O) groups is 1. The Labute approximate surface area is 129 Å². The van der Waals surface area contributed by atoms with Crippen LogP contribution in [0.1, 0.15) is 18.1 Å². The van der Waals surface area contributed by atoms with Crippen LogP contribution >= 0.6 is 0 Å². The molecule has 1 aromatic carbocycles. The van der Waals surface area contributed by atoms with Gasteiger partial charge >= 0.3 is 0 Å². The van der Waals surface area contributed by atoms with Crippen LogP contribution in [0, 0.1) is 11.3 Å². The van der Waals surface area contributed by atoms with Crippen molar-refractivity contribution in [1.82, 2.24) is 4.90 Å². The number of amides is 1. The Morgan fingerprint density at radius 3 is 2.91 bits per heavy atom. The van der Waals surface area contributed by atoms with Crippen LogP contribution in [0.2, 0.25) is 0 Å². The van der Waals surface area contributed by atoms with E-state index in [0.717, 1.165) is 23.3 Å². The molecule has 0 bridgehead atoms. The Hall–Kier alpha value is -2.32. The summed E-state index contributed by atoms with van der Waals surface area (Å²) in [5, 5.41) is 9.30. The van der Waals surface area contributed by atoms with Gasteiger partial charge in [-0.1, -0.05) is 6.07 Å². The normalized spacial score (nSPS) is 21.0. The lowest BCUT2D eigenvalue weighted by atomic mass is 10.0. The molecule has 1 aromatic rings. The van der Waals surface area contributed by atoms with Crippen LogP contribution in [0.5, 0.6) is 5.75 Å². The lowest BCUT2D eigenvalue weighted by molar-refractivity contribution is -0.130. The molecule has 0 saturated carbocycles. The first-order valence-corrected chi connectivity index (χ1v) is 7.46. The van der Waals surface area contributed by atoms with Crippen LogP contribution in [0.15, 0.2) is 23.8 Å². The maximum absolute atomic E-state index is 12.4. The van der Waals surface area contributed by atoms with Crippen molar-refractivity contribution in [2.75, 3.05) is 26.3 Å². The number of benzene rings is 1. The highest BCUT2D eigenvalue weighted by Crippen LogP contribution is 2.30. The van der Waals surface area contributed by atoms with E-state index in [-0.39, 0.29) is 17.6 Å². The summed E-state index contributed by atoms with van der Waals surface area (Å²) in [7, 11) is 0. The summed E-state index contributed by atoms with van der Waals surface area (Å²) in [5.41, 5.74) is 2.14. The molecule has 1 fully saturated rings. The van der Waals surface area contributed by atoms with Gasteiger partial charge in [0.15, 0.2) is 0 Å². The van der Waals surface area contributed by atoms with Gasteiger partial charge in [0, 0.05) is 19.5 Å². The van der Waals surface area contributed by atoms with Crippen LogP contribution < -0.4 is 4.74 Å². The van der Waals surface area contributed by atoms with Crippen molar-refractivity contribution in [2.24, 2.45) is 0 Å². The number of nitrogens with zero attached hydrogens (tertiary/aromatic N) is 2. The molecule has 5 nitrogen and oxygen atoms in total. The van der Waals surface area contributed by atoms with Gasteiger partial charge in [0.05, 0.1) is 13.2 Å². The van der Waals surface area contributed by atoms with Crippen LogP contribution in [0.4, 0.5) is 0 Å². The first-order chi connectivity index (χ1) is 10.7. The van der Waals surface area contributed by atoms with Crippen LogP contribution in [0.25, 0.3) is 6.08 Å². The predicted octanol–water partition coefficient (Wildman–Crippen LogP) is 1.78. The fourth-order valence-electron chi connectivity index (χ4n) is 2.78. The predicted molar refractivity (Wildman–Crippen MR) is 81.2 cm³/mol. The molecule has 2 aliphatic rings. The molecule has 114 valence electrons. The fraction of sp³-hybridized carbons (Fsp3) is 0.412. The molecule has 0 aromatic heterocycles. The summed E-state index contributed by atoms with van der Waals surface area (Å²) in [5.74, 6) is 0.665. The van der Waals surface area contributed by atoms with E-state index >= 15 is 0 Å². The van der Waals surface area contributed by atoms with Crippen LogP contribution in [-0.2, 0) is 16.0 Å². The zero-order valence-corrected chi connectivity index (χ0v) is 12.5. The minimum Gasteiger partial charge on any atom is -0.490 e. The third-order valence-electron chi connectivity index (χ3n) is 3.88. The molecule has 1 amide bonds. The number of nitriles is 1. The molecule has 2 heterocycles. The SMILES string of the molecule is C[C@H]1Cc2cc(/C=C(\C#N)C(=O)N3CCOCC3)ccc2O1. The van der Waals surface area contributed by atoms with E-state index in [1.54, 1.807) is 11.0 Å². The molecule has 1 atom stereocenters. The Morgan fingerprint density at radius 1 is 1.41 bits per heavy atom. The van der Waals surface area contributed by atoms with Crippen molar-refractivity contribution >= 4 is 12.0 Å². The minimum atomic E-state index is -0.226. The summed E-state index contributed by atoms with van der Waals surface area (Å²) in [6.07, 6.45) is 2.69. The minimum absolute atomic E-state index is 0.161. The second-order valence-corrected chi connectivity index (χ2v) is 5.57. The zero-order valence-electron chi connectivity index (χ0n) is 12.5. The molecule has 0 spiro atoms. The van der Waals surface area contributed by atoms with Crippen molar-refractivity contribution in [3.63, 3.8) is 0 Å². The molecule has 0 aliphatic carbocycles. The highest BCUT2D eigenvalue weighted by molar-refractivity contribution is 6.01. The van der Waals surface area contributed by atoms with Crippen molar-refractivity contribution < 1.29 is 14.3 Å². The van der Waals surface area contributed by atoms with Gasteiger partial charge in [-0.05, 0) is 36.3 Å². The summed E-state index contributed by atoms with van der Waals surface area (Å²) in [4.78, 5) is 14.0. The number of fused-ring (bicyclic) bond motifs is 1. The summed E-state index contributed by atoms with van der Waals surface area (Å²) < 4.78 is 10.9. The van der Waals surface area contributed by atoms with E-state index in [9.17, 15) is 10.1 Å². The maximum atomic E-state index is 12.4. The van der Waals surface area contributed by atoms with Gasteiger partial charge in [-0.3, -0.25) is 4.79 Å². The zero-order chi connectivity index (χ0) is 15.5. The third kappa shape index (κ3) is 2.97. The van der Waals surface area contributed by atoms with Crippen LogP contribution in [0.3, 0.4) is 0 Å². The van der Waals surface area contributed by atoms with Crippen molar-refractivity contribution in [3.8, 4) is 11.8 Å². The van der Waals surface area contributed by atoms with E-state index in [0.29, 0.717) is 26.3 Å². The van der Waals surface area contributed by atoms with Gasteiger partial charge in [-0.15, -0.1) is 0 Å². The Morgan fingerprint density at radius 2 is 2.18 bits per heavy atom. The molecule has 22 heavy (non-hydrogen) atoms. The highest BCUT2D eigenvalue weighted by Gasteiger charge is 2.22. The Bertz CT molecular complexity index is 654. The smallest absolute Gasteiger partial charge is 0.264 e. The van der Waals surface area contributed by atoms with E-state index in [1.807, 2.05) is 31.2 Å². The van der Waals surface area contributed by atoms with Gasteiger partial charge in [-0.25, -0.2) is 0 Å². The first-order valence-electron chi connectivity index (χ1n) is 7.46. The molecule has 0 N–H and O–H groups in total.